The van der Waals surface area contributed by atoms with Crippen LogP contribution < -0.4 is 11.1 Å². The third-order valence-electron chi connectivity index (χ3n) is 1.14. The summed E-state index contributed by atoms with van der Waals surface area (Å²) in [7, 11) is 0. The summed E-state index contributed by atoms with van der Waals surface area (Å²) in [6.45, 7) is 5.38. The van der Waals surface area contributed by atoms with E-state index in [0.29, 0.717) is 0 Å². The summed E-state index contributed by atoms with van der Waals surface area (Å²) >= 11 is 0. The number of amides is 1. The van der Waals surface area contributed by atoms with E-state index < -0.39 is 12.1 Å². The van der Waals surface area contributed by atoms with Crippen molar-refractivity contribution in [1.82, 2.24) is 5.32 Å². The molecule has 4 N–H and O–H groups in total. The first-order chi connectivity index (χ1) is 5.85. The molecule has 0 aromatic heterocycles. The lowest BCUT2D eigenvalue weighted by Crippen LogP contribution is -2.42. The predicted octanol–water partition coefficient (Wildman–Crippen LogP) is -0.169. The van der Waals surface area contributed by atoms with E-state index in [1.165, 1.54) is 0 Å². The number of hydrogen-bond acceptors (Lipinski definition) is 4. The number of aliphatic hydroxyl groups is 1. The number of carbonyl (C=O) groups excluding carboxylic acids is 1. The molecule has 13 heavy (non-hydrogen) atoms. The Bertz CT molecular complexity index is 165. The van der Waals surface area contributed by atoms with E-state index >= 15 is 0 Å². The van der Waals surface area contributed by atoms with Crippen molar-refractivity contribution in [2.24, 2.45) is 5.73 Å². The first-order valence-corrected chi connectivity index (χ1v) is 4.16. The highest BCUT2D eigenvalue weighted by Gasteiger charge is 2.15. The van der Waals surface area contributed by atoms with Crippen LogP contribution in [-0.2, 0) is 4.74 Å². The average molecular weight is 190 g/mol. The highest BCUT2D eigenvalue weighted by atomic mass is 16.5. The van der Waals surface area contributed by atoms with Crippen LogP contribution in [0.3, 0.4) is 0 Å². The fraction of sp³-hybridized carbons (Fsp3) is 0.875. The molecule has 0 rings (SSSR count). The van der Waals surface area contributed by atoms with Crippen molar-refractivity contribution in [3.63, 3.8) is 0 Å². The molecule has 0 aliphatic rings. The van der Waals surface area contributed by atoms with Gasteiger partial charge in [-0.1, -0.05) is 0 Å². The van der Waals surface area contributed by atoms with E-state index in [2.05, 4.69) is 5.32 Å². The van der Waals surface area contributed by atoms with E-state index in [0.717, 1.165) is 0 Å². The second-order valence-electron chi connectivity index (χ2n) is 3.92. The molecule has 0 aliphatic carbocycles. The van der Waals surface area contributed by atoms with E-state index in [9.17, 15) is 4.79 Å². The van der Waals surface area contributed by atoms with Gasteiger partial charge >= 0.3 is 6.09 Å². The fourth-order valence-corrected chi connectivity index (χ4v) is 0.578. The summed E-state index contributed by atoms with van der Waals surface area (Å²) in [5.74, 6) is 0. The van der Waals surface area contributed by atoms with Gasteiger partial charge in [0.25, 0.3) is 0 Å². The molecule has 0 aromatic rings. The van der Waals surface area contributed by atoms with Crippen molar-refractivity contribution < 1.29 is 14.6 Å². The highest BCUT2D eigenvalue weighted by molar-refractivity contribution is 5.68. The maximum absolute atomic E-state index is 11.0. The number of rotatable bonds is 3. The van der Waals surface area contributed by atoms with Crippen molar-refractivity contribution in [2.75, 3.05) is 13.2 Å². The standard InChI is InChI=1S/C8H18N2O3/c1-8(2,3)10-7(12)13-5-6(9)4-11/h6,11H,4-5,9H2,1-3H3,(H,10,12). The van der Waals surface area contributed by atoms with E-state index in [1.54, 1.807) is 0 Å². The maximum atomic E-state index is 11.0. The normalized spacial score (nSPS) is 13.6. The van der Waals surface area contributed by atoms with Crippen molar-refractivity contribution in [2.45, 2.75) is 32.4 Å². The molecule has 0 aromatic carbocycles. The van der Waals surface area contributed by atoms with Crippen LogP contribution in [0.15, 0.2) is 0 Å². The van der Waals surface area contributed by atoms with Gasteiger partial charge in [-0.2, -0.15) is 0 Å². The van der Waals surface area contributed by atoms with Crippen molar-refractivity contribution in [3.05, 3.63) is 0 Å². The van der Waals surface area contributed by atoms with Gasteiger partial charge in [0.15, 0.2) is 0 Å². The number of hydrogen-bond donors (Lipinski definition) is 3. The summed E-state index contributed by atoms with van der Waals surface area (Å²) < 4.78 is 4.74. The number of nitrogens with one attached hydrogen (secondary N) is 1. The minimum atomic E-state index is -0.517. The summed E-state index contributed by atoms with van der Waals surface area (Å²) in [6, 6.07) is -0.509. The van der Waals surface area contributed by atoms with Gasteiger partial charge in [0.1, 0.15) is 6.61 Å². The molecular weight excluding hydrogens is 172 g/mol. The minimum absolute atomic E-state index is 0.0262. The molecule has 0 saturated heterocycles. The van der Waals surface area contributed by atoms with Crippen molar-refractivity contribution in [1.29, 1.82) is 0 Å². The smallest absolute Gasteiger partial charge is 0.407 e. The Morgan fingerprint density at radius 3 is 2.54 bits per heavy atom. The Morgan fingerprint density at radius 1 is 1.62 bits per heavy atom. The summed E-state index contributed by atoms with van der Waals surface area (Å²) in [5, 5.41) is 11.1. The van der Waals surface area contributed by atoms with E-state index in [-0.39, 0.29) is 18.8 Å². The van der Waals surface area contributed by atoms with Gasteiger partial charge in [0.05, 0.1) is 12.6 Å². The lowest BCUT2D eigenvalue weighted by Gasteiger charge is -2.20. The molecule has 1 atom stereocenters. The van der Waals surface area contributed by atoms with Gasteiger partial charge < -0.3 is 20.9 Å². The molecule has 5 heteroatoms. The topological polar surface area (TPSA) is 84.6 Å². The van der Waals surface area contributed by atoms with Crippen molar-refractivity contribution >= 4 is 6.09 Å². The molecule has 0 bridgehead atoms. The predicted molar refractivity (Wildman–Crippen MR) is 49.3 cm³/mol. The number of ether oxygens (including phenoxy) is 1. The lowest BCUT2D eigenvalue weighted by atomic mass is 10.1. The van der Waals surface area contributed by atoms with Crippen LogP contribution in [0.1, 0.15) is 20.8 Å². The molecule has 1 unspecified atom stereocenters. The van der Waals surface area contributed by atoms with Gasteiger partial charge in [0, 0.05) is 5.54 Å². The van der Waals surface area contributed by atoms with Gasteiger partial charge in [-0.05, 0) is 20.8 Å². The number of carbonyl (C=O) groups is 1. The molecule has 5 nitrogen and oxygen atoms in total. The zero-order valence-electron chi connectivity index (χ0n) is 8.33. The highest BCUT2D eigenvalue weighted by Crippen LogP contribution is 1.98. The maximum Gasteiger partial charge on any atom is 0.407 e. The Morgan fingerprint density at radius 2 is 2.15 bits per heavy atom. The Labute approximate surface area is 78.3 Å². The zero-order valence-corrected chi connectivity index (χ0v) is 8.33. The van der Waals surface area contributed by atoms with Crippen LogP contribution in [0.25, 0.3) is 0 Å². The molecule has 0 radical (unpaired) electrons. The van der Waals surface area contributed by atoms with Gasteiger partial charge in [0.2, 0.25) is 0 Å². The van der Waals surface area contributed by atoms with Crippen LogP contribution in [0.4, 0.5) is 4.79 Å². The first-order valence-electron chi connectivity index (χ1n) is 4.16. The van der Waals surface area contributed by atoms with Crippen molar-refractivity contribution in [3.8, 4) is 0 Å². The Kier molecular flexibility index (Phi) is 4.72. The zero-order chi connectivity index (χ0) is 10.5. The summed E-state index contributed by atoms with van der Waals surface area (Å²) in [6.07, 6.45) is -0.517. The summed E-state index contributed by atoms with van der Waals surface area (Å²) in [4.78, 5) is 11.0. The molecular formula is C8H18N2O3. The Balaban J connectivity index is 3.64. The molecule has 0 aliphatic heterocycles. The number of aliphatic hydroxyl groups excluding tert-OH is 1. The summed E-state index contributed by atoms with van der Waals surface area (Å²) in [5.41, 5.74) is 5.01. The number of alkyl carbamates (subject to hydrolysis) is 1. The van der Waals surface area contributed by atoms with Crippen LogP contribution in [0.5, 0.6) is 0 Å². The molecule has 0 fully saturated rings. The quantitative estimate of drug-likeness (QED) is 0.577. The monoisotopic (exact) mass is 190 g/mol. The third kappa shape index (κ3) is 7.55. The molecule has 78 valence electrons. The second kappa shape index (κ2) is 5.04. The fourth-order valence-electron chi connectivity index (χ4n) is 0.578. The lowest BCUT2D eigenvalue weighted by molar-refractivity contribution is 0.119. The molecule has 0 spiro atoms. The van der Waals surface area contributed by atoms with E-state index in [4.69, 9.17) is 15.6 Å². The minimum Gasteiger partial charge on any atom is -0.448 e. The van der Waals surface area contributed by atoms with Crippen LogP contribution in [0.2, 0.25) is 0 Å². The molecule has 1 amide bonds. The van der Waals surface area contributed by atoms with Crippen LogP contribution >= 0.6 is 0 Å². The second-order valence-corrected chi connectivity index (χ2v) is 3.92. The average Bonchev–Trinajstić information content (AvgIpc) is 1.97. The van der Waals surface area contributed by atoms with Gasteiger partial charge in [-0.15, -0.1) is 0 Å². The van der Waals surface area contributed by atoms with Gasteiger partial charge in [-0.25, -0.2) is 4.79 Å². The van der Waals surface area contributed by atoms with E-state index in [1.807, 2.05) is 20.8 Å². The first kappa shape index (κ1) is 12.2. The number of nitrogens with two attached hydrogens (primary N) is 1. The van der Waals surface area contributed by atoms with Crippen LogP contribution in [-0.4, -0.2) is 36.0 Å². The molecule has 0 saturated carbocycles. The van der Waals surface area contributed by atoms with Crippen LogP contribution in [0, 0.1) is 0 Å². The Hall–Kier alpha value is -0.810. The van der Waals surface area contributed by atoms with Gasteiger partial charge in [-0.3, -0.25) is 0 Å². The third-order valence-corrected chi connectivity index (χ3v) is 1.14. The largest absolute Gasteiger partial charge is 0.448 e. The SMILES string of the molecule is CC(C)(C)NC(=O)OCC(N)CO. The molecule has 0 heterocycles.